The van der Waals surface area contributed by atoms with Gasteiger partial charge in [0, 0.05) is 17.9 Å². The number of aromatic nitrogens is 2. The van der Waals surface area contributed by atoms with E-state index in [4.69, 9.17) is 10.3 Å². The Hall–Kier alpha value is -2.25. The number of nitrogens with zero attached hydrogens (tertiary/aromatic N) is 3. The summed E-state index contributed by atoms with van der Waals surface area (Å²) in [4.78, 5) is 5.81. The lowest BCUT2D eigenvalue weighted by Gasteiger charge is -2.30. The number of nitrogen functional groups attached to an aromatic ring is 1. The van der Waals surface area contributed by atoms with Gasteiger partial charge in [0.25, 0.3) is 0 Å². The maximum Gasteiger partial charge on any atom is 0.396 e. The van der Waals surface area contributed by atoms with Crippen LogP contribution in [0, 0.1) is 0 Å². The lowest BCUT2D eigenvalue weighted by atomic mass is 10.00. The molecule has 3 rings (SSSR count). The molecule has 0 atom stereocenters. The average Bonchev–Trinajstić information content (AvgIpc) is 2.85. The SMILES string of the molecule is Nc1cccc2c1CCCN2Cc1nc(CC(F)(F)F)no1. The topological polar surface area (TPSA) is 68.2 Å². The van der Waals surface area contributed by atoms with Gasteiger partial charge in [-0.25, -0.2) is 0 Å². The lowest BCUT2D eigenvalue weighted by molar-refractivity contribution is -0.128. The molecule has 0 saturated carbocycles. The molecular formula is C14H15F3N4O. The van der Waals surface area contributed by atoms with Gasteiger partial charge in [0.05, 0.1) is 6.54 Å². The molecule has 2 aromatic rings. The van der Waals surface area contributed by atoms with Gasteiger partial charge in [-0.15, -0.1) is 0 Å². The molecule has 0 unspecified atom stereocenters. The molecule has 1 aliphatic heterocycles. The number of alkyl halides is 3. The Morgan fingerprint density at radius 3 is 2.91 bits per heavy atom. The largest absolute Gasteiger partial charge is 0.398 e. The van der Waals surface area contributed by atoms with Gasteiger partial charge in [-0.05, 0) is 30.5 Å². The highest BCUT2D eigenvalue weighted by molar-refractivity contribution is 5.66. The van der Waals surface area contributed by atoms with Crippen molar-refractivity contribution >= 4 is 11.4 Å². The summed E-state index contributed by atoms with van der Waals surface area (Å²) in [6, 6.07) is 5.64. The summed E-state index contributed by atoms with van der Waals surface area (Å²) in [6.45, 7) is 1.05. The summed E-state index contributed by atoms with van der Waals surface area (Å²) < 4.78 is 41.8. The smallest absolute Gasteiger partial charge is 0.396 e. The number of benzene rings is 1. The van der Waals surface area contributed by atoms with E-state index >= 15 is 0 Å². The standard InChI is InChI=1S/C14H15F3N4O/c15-14(16,17)7-12-19-13(22-20-12)8-21-6-2-3-9-10(18)4-1-5-11(9)21/h1,4-5H,2-3,6-8,18H2. The number of nitrogens with two attached hydrogens (primary N) is 1. The third-order valence-corrected chi connectivity index (χ3v) is 3.58. The van der Waals surface area contributed by atoms with Gasteiger partial charge in [-0.3, -0.25) is 0 Å². The zero-order chi connectivity index (χ0) is 15.7. The second kappa shape index (κ2) is 5.51. The van der Waals surface area contributed by atoms with Crippen molar-refractivity contribution in [1.29, 1.82) is 0 Å². The van der Waals surface area contributed by atoms with Crippen molar-refractivity contribution in [3.05, 3.63) is 35.5 Å². The summed E-state index contributed by atoms with van der Waals surface area (Å²) in [5.74, 6) is -0.165. The van der Waals surface area contributed by atoms with Gasteiger partial charge in [0.1, 0.15) is 6.42 Å². The van der Waals surface area contributed by atoms with E-state index in [-0.39, 0.29) is 18.3 Å². The molecule has 1 aromatic heterocycles. The second-order valence-corrected chi connectivity index (χ2v) is 5.27. The number of anilines is 2. The van der Waals surface area contributed by atoms with Crippen molar-refractivity contribution in [3.63, 3.8) is 0 Å². The Bertz CT molecular complexity index is 668. The van der Waals surface area contributed by atoms with Crippen LogP contribution in [-0.2, 0) is 19.4 Å². The zero-order valence-corrected chi connectivity index (χ0v) is 11.7. The summed E-state index contributed by atoms with van der Waals surface area (Å²) in [7, 11) is 0. The Balaban J connectivity index is 1.77. The molecule has 2 heterocycles. The van der Waals surface area contributed by atoms with Crippen LogP contribution in [0.4, 0.5) is 24.5 Å². The minimum atomic E-state index is -4.34. The van der Waals surface area contributed by atoms with Crippen molar-refractivity contribution in [2.45, 2.75) is 32.0 Å². The first kappa shape index (κ1) is 14.7. The van der Waals surface area contributed by atoms with Crippen molar-refractivity contribution in [3.8, 4) is 0 Å². The lowest BCUT2D eigenvalue weighted by Crippen LogP contribution is -2.29. The van der Waals surface area contributed by atoms with Gasteiger partial charge in [-0.2, -0.15) is 18.2 Å². The van der Waals surface area contributed by atoms with Crippen LogP contribution in [0.5, 0.6) is 0 Å². The predicted octanol–water partition coefficient (Wildman–Crippen LogP) is 2.71. The molecule has 5 nitrogen and oxygen atoms in total. The summed E-state index contributed by atoms with van der Waals surface area (Å²) in [5, 5.41) is 3.38. The van der Waals surface area contributed by atoms with Gasteiger partial charge in [0.2, 0.25) is 5.89 Å². The van der Waals surface area contributed by atoms with Crippen LogP contribution in [0.15, 0.2) is 22.7 Å². The minimum Gasteiger partial charge on any atom is -0.398 e. The van der Waals surface area contributed by atoms with Crippen LogP contribution in [0.3, 0.4) is 0 Å². The van der Waals surface area contributed by atoms with Crippen molar-refractivity contribution in [2.75, 3.05) is 17.2 Å². The van der Waals surface area contributed by atoms with Gasteiger partial charge in [0.15, 0.2) is 5.82 Å². The maximum absolute atomic E-state index is 12.3. The Labute approximate surface area is 124 Å². The zero-order valence-electron chi connectivity index (χ0n) is 11.7. The van der Waals surface area contributed by atoms with Crippen LogP contribution >= 0.6 is 0 Å². The number of halogens is 3. The third kappa shape index (κ3) is 3.15. The summed E-state index contributed by atoms with van der Waals surface area (Å²) in [6.07, 6.45) is -3.71. The minimum absolute atomic E-state index is 0.175. The van der Waals surface area contributed by atoms with Gasteiger partial charge < -0.3 is 15.2 Å². The molecule has 0 aliphatic carbocycles. The quantitative estimate of drug-likeness (QED) is 0.883. The van der Waals surface area contributed by atoms with E-state index < -0.39 is 12.6 Å². The second-order valence-electron chi connectivity index (χ2n) is 5.27. The normalized spacial score (nSPS) is 15.0. The number of rotatable bonds is 3. The molecule has 0 saturated heterocycles. The first-order valence-electron chi connectivity index (χ1n) is 6.93. The van der Waals surface area contributed by atoms with Crippen LogP contribution < -0.4 is 10.6 Å². The Morgan fingerprint density at radius 1 is 1.32 bits per heavy atom. The molecule has 0 fully saturated rings. The molecule has 118 valence electrons. The van der Waals surface area contributed by atoms with E-state index in [2.05, 4.69) is 10.1 Å². The van der Waals surface area contributed by atoms with Crippen LogP contribution in [0.2, 0.25) is 0 Å². The van der Waals surface area contributed by atoms with E-state index in [1.165, 1.54) is 0 Å². The summed E-state index contributed by atoms with van der Waals surface area (Å²) in [5.41, 5.74) is 8.73. The molecule has 0 radical (unpaired) electrons. The van der Waals surface area contributed by atoms with Crippen molar-refractivity contribution < 1.29 is 17.7 Å². The fourth-order valence-electron chi connectivity index (χ4n) is 2.66. The van der Waals surface area contributed by atoms with E-state index in [0.29, 0.717) is 0 Å². The van der Waals surface area contributed by atoms with E-state index in [9.17, 15) is 13.2 Å². The fraction of sp³-hybridized carbons (Fsp3) is 0.429. The number of hydrogen-bond donors (Lipinski definition) is 1. The van der Waals surface area contributed by atoms with E-state index in [1.54, 1.807) is 0 Å². The molecule has 1 aromatic carbocycles. The van der Waals surface area contributed by atoms with E-state index in [0.717, 1.165) is 36.3 Å². The first-order valence-corrected chi connectivity index (χ1v) is 6.93. The summed E-state index contributed by atoms with van der Waals surface area (Å²) >= 11 is 0. The molecule has 0 amide bonds. The van der Waals surface area contributed by atoms with Crippen molar-refractivity contribution in [2.24, 2.45) is 0 Å². The number of fused-ring (bicyclic) bond motifs is 1. The molecule has 0 spiro atoms. The highest BCUT2D eigenvalue weighted by Crippen LogP contribution is 2.32. The van der Waals surface area contributed by atoms with Crippen LogP contribution in [0.1, 0.15) is 23.7 Å². The molecular weight excluding hydrogens is 297 g/mol. The van der Waals surface area contributed by atoms with E-state index in [1.807, 2.05) is 23.1 Å². The molecule has 1 aliphatic rings. The molecule has 2 N–H and O–H groups in total. The third-order valence-electron chi connectivity index (χ3n) is 3.58. The highest BCUT2D eigenvalue weighted by atomic mass is 19.4. The fourth-order valence-corrected chi connectivity index (χ4v) is 2.66. The highest BCUT2D eigenvalue weighted by Gasteiger charge is 2.31. The van der Waals surface area contributed by atoms with Gasteiger partial charge >= 0.3 is 6.18 Å². The molecule has 0 bridgehead atoms. The maximum atomic E-state index is 12.3. The number of hydrogen-bond acceptors (Lipinski definition) is 5. The van der Waals surface area contributed by atoms with Crippen LogP contribution in [0.25, 0.3) is 0 Å². The monoisotopic (exact) mass is 312 g/mol. The van der Waals surface area contributed by atoms with Crippen LogP contribution in [-0.4, -0.2) is 22.9 Å². The van der Waals surface area contributed by atoms with Gasteiger partial charge in [-0.1, -0.05) is 11.2 Å². The Kier molecular flexibility index (Phi) is 3.67. The Morgan fingerprint density at radius 2 is 2.14 bits per heavy atom. The molecule has 22 heavy (non-hydrogen) atoms. The predicted molar refractivity (Wildman–Crippen MR) is 74.3 cm³/mol. The molecule has 8 heteroatoms. The first-order chi connectivity index (χ1) is 10.4. The van der Waals surface area contributed by atoms with Crippen molar-refractivity contribution in [1.82, 2.24) is 10.1 Å². The average molecular weight is 312 g/mol.